The van der Waals surface area contributed by atoms with E-state index in [4.69, 9.17) is 30.7 Å². The standard InChI is InChI=1S/C33H44N8O3S/c1-33(2,3)29(34)20-31(37-22-9-8-10-23(19-22)43-18-17-40(4)5)39-32(42)38-27-14-15-28(26-12-7-6-11-25(26)27)44-24-13-16-30(35)41(21-24)45-36/h6-13,16,19-21,27-28,35H,14-15,17-18,34,36H2,1-5H3,(H2,37,38,39,42)/b29-20-,35-30?/t27-,28+/m0/s1. The third kappa shape index (κ3) is 9.61. The molecule has 0 aliphatic heterocycles. The van der Waals surface area contributed by atoms with Gasteiger partial charge in [0.1, 0.15) is 35.5 Å². The highest BCUT2D eigenvalue weighted by Crippen LogP contribution is 2.38. The lowest BCUT2D eigenvalue weighted by Crippen LogP contribution is -2.42. The minimum Gasteiger partial charge on any atom is -0.492 e. The van der Waals surface area contributed by atoms with Gasteiger partial charge in [-0.15, -0.1) is 0 Å². The Hall–Kier alpha value is -4.26. The van der Waals surface area contributed by atoms with E-state index in [1.807, 2.05) is 83.4 Å². The maximum absolute atomic E-state index is 13.4. The molecule has 2 amide bonds. The molecule has 0 unspecified atom stereocenters. The van der Waals surface area contributed by atoms with E-state index in [1.54, 1.807) is 24.4 Å². The third-order valence-electron chi connectivity index (χ3n) is 7.29. The number of nitrogens with zero attached hydrogens (tertiary/aromatic N) is 3. The number of nitrogens with two attached hydrogens (primary N) is 2. The first-order chi connectivity index (χ1) is 21.4. The number of hydrogen-bond acceptors (Lipinski definition) is 9. The van der Waals surface area contributed by atoms with Crippen molar-refractivity contribution in [2.45, 2.75) is 45.8 Å². The molecule has 1 aromatic heterocycles. The molecule has 1 aliphatic rings. The zero-order chi connectivity index (χ0) is 32.6. The number of amidine groups is 1. The summed E-state index contributed by atoms with van der Waals surface area (Å²) in [5, 5.41) is 19.7. The van der Waals surface area contributed by atoms with Crippen molar-refractivity contribution in [3.63, 3.8) is 0 Å². The molecule has 45 heavy (non-hydrogen) atoms. The zero-order valence-corrected chi connectivity index (χ0v) is 27.4. The number of benzene rings is 2. The van der Waals surface area contributed by atoms with Crippen LogP contribution in [0.1, 0.15) is 56.9 Å². The quantitative estimate of drug-likeness (QED) is 0.118. The van der Waals surface area contributed by atoms with E-state index in [-0.39, 0.29) is 23.0 Å². The lowest BCUT2D eigenvalue weighted by Gasteiger charge is -2.32. The van der Waals surface area contributed by atoms with Gasteiger partial charge in [0.25, 0.3) is 0 Å². The second-order valence-corrected chi connectivity index (χ2v) is 12.7. The predicted octanol–water partition coefficient (Wildman–Crippen LogP) is 5.15. The Labute approximate surface area is 269 Å². The van der Waals surface area contributed by atoms with Crippen LogP contribution >= 0.6 is 12.1 Å². The van der Waals surface area contributed by atoms with Gasteiger partial charge in [-0.2, -0.15) is 0 Å². The third-order valence-corrected chi connectivity index (χ3v) is 7.82. The minimum atomic E-state index is -0.392. The molecule has 12 heteroatoms. The van der Waals surface area contributed by atoms with Crippen LogP contribution in [0.5, 0.6) is 11.5 Å². The molecule has 0 saturated heterocycles. The fraction of sp³-hybridized carbons (Fsp3) is 0.364. The molecule has 240 valence electrons. The van der Waals surface area contributed by atoms with Gasteiger partial charge in [-0.05, 0) is 62.3 Å². The highest BCUT2D eigenvalue weighted by molar-refractivity contribution is 7.95. The molecule has 0 fully saturated rings. The number of carbonyl (C=O) groups is 1. The SMILES string of the molecule is CN(C)CCOc1cccc(N=C(/C=C(\N)C(C)(C)C)NC(=O)N[C@H]2CC[C@@H](Oc3ccc(=N)n(SN)c3)c3ccccc32)c1. The van der Waals surface area contributed by atoms with Crippen molar-refractivity contribution in [1.29, 1.82) is 5.41 Å². The van der Waals surface area contributed by atoms with Crippen LogP contribution < -0.4 is 36.5 Å². The normalized spacial score (nSPS) is 17.0. The number of aromatic nitrogens is 1. The fourth-order valence-electron chi connectivity index (χ4n) is 4.71. The topological polar surface area (TPSA) is 156 Å². The molecule has 1 aliphatic carbocycles. The molecule has 1 heterocycles. The van der Waals surface area contributed by atoms with E-state index in [1.165, 1.54) is 3.97 Å². The number of aliphatic imine (C=N–C) groups is 1. The summed E-state index contributed by atoms with van der Waals surface area (Å²) in [6, 6.07) is 18.1. The van der Waals surface area contributed by atoms with Gasteiger partial charge in [-0.25, -0.2) is 9.79 Å². The molecule has 0 saturated carbocycles. The van der Waals surface area contributed by atoms with Crippen LogP contribution in [0.25, 0.3) is 0 Å². The number of rotatable bonds is 10. The number of carbonyl (C=O) groups excluding carboxylic acids is 1. The second-order valence-electron chi connectivity index (χ2n) is 12.1. The van der Waals surface area contributed by atoms with E-state index >= 15 is 0 Å². The van der Waals surface area contributed by atoms with Gasteiger partial charge in [0.05, 0.1) is 17.9 Å². The van der Waals surface area contributed by atoms with Crippen LogP contribution in [0, 0.1) is 10.8 Å². The number of likely N-dealkylation sites (N-methyl/N-ethyl adjacent to an activating group) is 1. The van der Waals surface area contributed by atoms with E-state index in [0.717, 1.165) is 29.8 Å². The van der Waals surface area contributed by atoms with Gasteiger partial charge < -0.3 is 25.4 Å². The number of pyridine rings is 1. The van der Waals surface area contributed by atoms with Crippen molar-refractivity contribution >= 4 is 29.7 Å². The van der Waals surface area contributed by atoms with Crippen molar-refractivity contribution in [3.8, 4) is 11.5 Å². The average molecular weight is 633 g/mol. The van der Waals surface area contributed by atoms with Crippen LogP contribution in [0.15, 0.2) is 83.6 Å². The molecular formula is C33H44N8O3S. The summed E-state index contributed by atoms with van der Waals surface area (Å²) in [6.07, 6.45) is 4.53. The first-order valence-corrected chi connectivity index (χ1v) is 15.7. The summed E-state index contributed by atoms with van der Waals surface area (Å²) in [5.41, 5.74) is 9.53. The number of hydrogen-bond donors (Lipinski definition) is 5. The molecule has 2 atom stereocenters. The van der Waals surface area contributed by atoms with Crippen LogP contribution in [0.2, 0.25) is 0 Å². The molecule has 2 aromatic carbocycles. The Morgan fingerprint density at radius 2 is 1.87 bits per heavy atom. The number of amides is 2. The van der Waals surface area contributed by atoms with Crippen molar-refractivity contribution in [2.24, 2.45) is 21.3 Å². The van der Waals surface area contributed by atoms with Gasteiger partial charge in [0.2, 0.25) is 0 Å². The Bertz CT molecular complexity index is 1600. The van der Waals surface area contributed by atoms with Crippen LogP contribution in [-0.2, 0) is 0 Å². The van der Waals surface area contributed by atoms with Crippen molar-refractivity contribution in [2.75, 3.05) is 27.2 Å². The summed E-state index contributed by atoms with van der Waals surface area (Å²) in [7, 11) is 3.99. The Morgan fingerprint density at radius 3 is 2.58 bits per heavy atom. The molecule has 11 nitrogen and oxygen atoms in total. The van der Waals surface area contributed by atoms with Crippen LogP contribution in [-0.4, -0.2) is 48.0 Å². The monoisotopic (exact) mass is 632 g/mol. The lowest BCUT2D eigenvalue weighted by atomic mass is 9.85. The summed E-state index contributed by atoms with van der Waals surface area (Å²) in [5.74, 6) is 1.63. The van der Waals surface area contributed by atoms with Gasteiger partial charge >= 0.3 is 6.03 Å². The first kappa shape index (κ1) is 33.6. The summed E-state index contributed by atoms with van der Waals surface area (Å²) in [6.45, 7) is 7.34. The van der Waals surface area contributed by atoms with E-state index in [9.17, 15) is 4.79 Å². The molecule has 7 N–H and O–H groups in total. The maximum Gasteiger partial charge on any atom is 0.320 e. The van der Waals surface area contributed by atoms with Crippen LogP contribution in [0.4, 0.5) is 10.5 Å². The molecule has 3 aromatic rings. The Kier molecular flexibility index (Phi) is 11.3. The average Bonchev–Trinajstić information content (AvgIpc) is 2.98. The Balaban J connectivity index is 1.52. The zero-order valence-electron chi connectivity index (χ0n) is 26.5. The largest absolute Gasteiger partial charge is 0.492 e. The van der Waals surface area contributed by atoms with E-state index in [0.29, 0.717) is 48.2 Å². The molecule has 0 spiro atoms. The van der Waals surface area contributed by atoms with Crippen molar-refractivity contribution < 1.29 is 14.3 Å². The number of allylic oxidation sites excluding steroid dienone is 1. The second kappa shape index (κ2) is 15.2. The molecule has 0 bridgehead atoms. The highest BCUT2D eigenvalue weighted by atomic mass is 32.2. The van der Waals surface area contributed by atoms with Gasteiger partial charge in [0, 0.05) is 41.9 Å². The predicted molar refractivity (Wildman–Crippen MR) is 180 cm³/mol. The van der Waals surface area contributed by atoms with Gasteiger partial charge in [0.15, 0.2) is 0 Å². The maximum atomic E-state index is 13.4. The summed E-state index contributed by atoms with van der Waals surface area (Å²) < 4.78 is 13.7. The van der Waals surface area contributed by atoms with E-state index < -0.39 is 6.03 Å². The van der Waals surface area contributed by atoms with Gasteiger partial charge in [-0.1, -0.05) is 51.1 Å². The van der Waals surface area contributed by atoms with E-state index in [2.05, 4.69) is 15.5 Å². The number of nitrogens with one attached hydrogen (secondary N) is 3. The molecular weight excluding hydrogens is 588 g/mol. The molecule has 0 radical (unpaired) electrons. The van der Waals surface area contributed by atoms with Crippen molar-refractivity contribution in [3.05, 3.63) is 95.2 Å². The smallest absolute Gasteiger partial charge is 0.320 e. The highest BCUT2D eigenvalue weighted by Gasteiger charge is 2.29. The lowest BCUT2D eigenvalue weighted by molar-refractivity contribution is 0.171. The van der Waals surface area contributed by atoms with Gasteiger partial charge in [-0.3, -0.25) is 19.8 Å². The number of urea groups is 1. The minimum absolute atomic E-state index is 0.214. The Morgan fingerprint density at radius 1 is 1.11 bits per heavy atom. The van der Waals surface area contributed by atoms with Crippen molar-refractivity contribution in [1.82, 2.24) is 19.5 Å². The summed E-state index contributed by atoms with van der Waals surface area (Å²) in [4.78, 5) is 20.2. The number of fused-ring (bicyclic) bond motifs is 1. The molecule has 4 rings (SSSR count). The summed E-state index contributed by atoms with van der Waals surface area (Å²) >= 11 is 0.944. The first-order valence-electron chi connectivity index (χ1n) is 14.8. The van der Waals surface area contributed by atoms with Crippen LogP contribution in [0.3, 0.4) is 0 Å². The fourth-order valence-corrected chi connectivity index (χ4v) is 5.04. The number of ether oxygens (including phenoxy) is 2.